The van der Waals surface area contributed by atoms with Gasteiger partial charge in [0.15, 0.2) is 0 Å². The molecule has 1 saturated heterocycles. The Morgan fingerprint density at radius 1 is 1.05 bits per heavy atom. The third kappa shape index (κ3) is 4.09. The Morgan fingerprint density at radius 3 is 2.51 bits per heavy atom. The molecule has 2 heterocycles. The summed E-state index contributed by atoms with van der Waals surface area (Å²) in [6, 6.07) is 15.0. The van der Waals surface area contributed by atoms with Gasteiger partial charge in [0.05, 0.1) is 40.3 Å². The van der Waals surface area contributed by atoms with Gasteiger partial charge in [-0.15, -0.1) is 0 Å². The molecule has 1 fully saturated rings. The number of rotatable bonds is 5. The Balaban J connectivity index is 1.72. The molecule has 1 unspecified atom stereocenters. The van der Waals surface area contributed by atoms with Gasteiger partial charge in [0.2, 0.25) is 5.95 Å². The number of halogens is 1. The molecule has 1 amide bonds. The number of fused-ring (bicyclic) bond motifs is 1. The second kappa shape index (κ2) is 9.11. The molecule has 1 aliphatic rings. The van der Waals surface area contributed by atoms with E-state index in [1.807, 2.05) is 19.1 Å². The minimum absolute atomic E-state index is 0.0386. The molecule has 5 rings (SSSR count). The number of aliphatic hydroxyl groups is 1. The largest absolute Gasteiger partial charge is 0.507 e. The second-order valence-electron chi connectivity index (χ2n) is 8.53. The highest BCUT2D eigenvalue weighted by atomic mass is 35.5. The molecule has 3 N–H and O–H groups in total. The fourth-order valence-corrected chi connectivity index (χ4v) is 4.61. The zero-order valence-electron chi connectivity index (χ0n) is 19.7. The lowest BCUT2D eigenvalue weighted by atomic mass is 9.94. The summed E-state index contributed by atoms with van der Waals surface area (Å²) in [6.45, 7) is 1.87. The molecule has 0 aliphatic carbocycles. The zero-order chi connectivity index (χ0) is 26.4. The van der Waals surface area contributed by atoms with Crippen molar-refractivity contribution in [1.82, 2.24) is 9.97 Å². The fraction of sp³-hybridized carbons (Fsp3) is 0.111. The number of aliphatic hydroxyl groups excluding tert-OH is 1. The predicted molar refractivity (Wildman–Crippen MR) is 137 cm³/mol. The molecular formula is C27H20ClN3O6. The van der Waals surface area contributed by atoms with Crippen LogP contribution in [0.5, 0.6) is 5.75 Å². The molecule has 4 aromatic rings. The minimum atomic E-state index is -1.11. The van der Waals surface area contributed by atoms with E-state index in [2.05, 4.69) is 9.97 Å². The van der Waals surface area contributed by atoms with Gasteiger partial charge in [0.1, 0.15) is 11.5 Å². The van der Waals surface area contributed by atoms with Crippen molar-refractivity contribution in [2.45, 2.75) is 13.0 Å². The first kappa shape index (κ1) is 24.1. The summed E-state index contributed by atoms with van der Waals surface area (Å²) in [4.78, 5) is 46.7. The quantitative estimate of drug-likeness (QED) is 0.195. The molecule has 1 atom stereocenters. The predicted octanol–water partition coefficient (Wildman–Crippen LogP) is 4.86. The number of nitrogens with one attached hydrogen (secondary N) is 1. The van der Waals surface area contributed by atoms with Gasteiger partial charge in [-0.1, -0.05) is 41.4 Å². The molecule has 3 aromatic carbocycles. The molecular weight excluding hydrogens is 498 g/mol. The van der Waals surface area contributed by atoms with Gasteiger partial charge in [-0.3, -0.25) is 14.5 Å². The third-order valence-electron chi connectivity index (χ3n) is 6.17. The van der Waals surface area contributed by atoms with Gasteiger partial charge in [-0.2, -0.15) is 0 Å². The number of nitrogens with zero attached hydrogens (tertiary/aromatic N) is 2. The van der Waals surface area contributed by atoms with Crippen molar-refractivity contribution in [2.75, 3.05) is 12.0 Å². The standard InChI is InChI=1S/C27H20ClN3O6/c1-13-4-3-5-14(10-13)22-21(23(32)15-6-8-17(28)20(12-15)37-2)24(33)25(34)31(22)27-29-18-9-7-16(26(35)36)11-19(18)30-27/h3-12,22,32H,1-2H3,(H,29,30)(H,35,36)/b23-21+. The van der Waals surface area contributed by atoms with Gasteiger partial charge in [0, 0.05) is 5.56 Å². The number of aromatic nitrogens is 2. The maximum absolute atomic E-state index is 13.4. The second-order valence-corrected chi connectivity index (χ2v) is 8.94. The van der Waals surface area contributed by atoms with Crippen molar-refractivity contribution in [1.29, 1.82) is 0 Å². The summed E-state index contributed by atoms with van der Waals surface area (Å²) in [5, 5.41) is 20.9. The Labute approximate surface area is 215 Å². The highest BCUT2D eigenvalue weighted by Gasteiger charge is 2.48. The van der Waals surface area contributed by atoms with E-state index in [-0.39, 0.29) is 22.6 Å². The molecule has 9 nitrogen and oxygen atoms in total. The van der Waals surface area contributed by atoms with Crippen molar-refractivity contribution in [3.8, 4) is 5.75 Å². The summed E-state index contributed by atoms with van der Waals surface area (Å²) >= 11 is 6.13. The molecule has 37 heavy (non-hydrogen) atoms. The number of hydrogen-bond acceptors (Lipinski definition) is 6. The van der Waals surface area contributed by atoms with Crippen LogP contribution < -0.4 is 9.64 Å². The number of carbonyl (C=O) groups is 3. The Morgan fingerprint density at radius 2 is 1.81 bits per heavy atom. The van der Waals surface area contributed by atoms with Crippen LogP contribution in [0.25, 0.3) is 16.8 Å². The summed E-state index contributed by atoms with van der Waals surface area (Å²) < 4.78 is 5.24. The smallest absolute Gasteiger partial charge is 0.335 e. The molecule has 1 aromatic heterocycles. The van der Waals surface area contributed by atoms with E-state index in [9.17, 15) is 24.6 Å². The van der Waals surface area contributed by atoms with E-state index in [0.717, 1.165) is 5.56 Å². The van der Waals surface area contributed by atoms with Gasteiger partial charge < -0.3 is 19.9 Å². The lowest BCUT2D eigenvalue weighted by Gasteiger charge is -2.23. The molecule has 0 saturated carbocycles. The molecule has 0 radical (unpaired) electrons. The number of methoxy groups -OCH3 is 1. The maximum Gasteiger partial charge on any atom is 0.335 e. The van der Waals surface area contributed by atoms with Gasteiger partial charge in [-0.25, -0.2) is 9.78 Å². The number of amides is 1. The lowest BCUT2D eigenvalue weighted by Crippen LogP contribution is -2.30. The lowest BCUT2D eigenvalue weighted by molar-refractivity contribution is -0.132. The maximum atomic E-state index is 13.4. The van der Waals surface area contributed by atoms with Crippen molar-refractivity contribution in [2.24, 2.45) is 0 Å². The number of aromatic amines is 1. The number of carbonyl (C=O) groups excluding carboxylic acids is 2. The van der Waals surface area contributed by atoms with E-state index < -0.39 is 29.5 Å². The summed E-state index contributed by atoms with van der Waals surface area (Å²) in [5.74, 6) is -2.98. The number of imidazole rings is 1. The van der Waals surface area contributed by atoms with E-state index in [4.69, 9.17) is 16.3 Å². The molecule has 186 valence electrons. The number of aromatic carboxylic acids is 1. The van der Waals surface area contributed by atoms with Crippen molar-refractivity contribution in [3.63, 3.8) is 0 Å². The van der Waals surface area contributed by atoms with Crippen molar-refractivity contribution >= 4 is 52.0 Å². The SMILES string of the molecule is COc1cc(/C(O)=C2\C(=O)C(=O)N(c3nc4ccc(C(=O)O)cc4[nH]3)C2c2cccc(C)c2)ccc1Cl. The van der Waals surface area contributed by atoms with Crippen molar-refractivity contribution < 1.29 is 29.3 Å². The van der Waals surface area contributed by atoms with E-state index in [1.165, 1.54) is 48.4 Å². The normalized spacial score (nSPS) is 16.9. The number of H-pyrrole nitrogens is 1. The van der Waals surface area contributed by atoms with Crippen LogP contribution in [0.3, 0.4) is 0 Å². The van der Waals surface area contributed by atoms with Gasteiger partial charge in [0.25, 0.3) is 5.78 Å². The number of aryl methyl sites for hydroxylation is 1. The van der Waals surface area contributed by atoms with E-state index >= 15 is 0 Å². The van der Waals surface area contributed by atoms with Crippen LogP contribution in [-0.4, -0.2) is 45.0 Å². The average Bonchev–Trinajstić information content (AvgIpc) is 3.41. The van der Waals surface area contributed by atoms with Crippen LogP contribution in [0.4, 0.5) is 5.95 Å². The van der Waals surface area contributed by atoms with Crippen LogP contribution in [0.15, 0.2) is 66.2 Å². The monoisotopic (exact) mass is 517 g/mol. The Bertz CT molecular complexity index is 1640. The Hall–Kier alpha value is -4.63. The summed E-state index contributed by atoms with van der Waals surface area (Å²) in [5.41, 5.74) is 2.39. The number of ether oxygens (including phenoxy) is 1. The molecule has 0 spiro atoms. The van der Waals surface area contributed by atoms with E-state index in [0.29, 0.717) is 27.4 Å². The fourth-order valence-electron chi connectivity index (χ4n) is 4.41. The van der Waals surface area contributed by atoms with Gasteiger partial charge >= 0.3 is 11.9 Å². The number of benzene rings is 3. The number of carboxylic acids is 1. The number of carboxylic acid groups (broad SMARTS) is 1. The molecule has 1 aliphatic heterocycles. The molecule has 0 bridgehead atoms. The first-order chi connectivity index (χ1) is 17.7. The highest BCUT2D eigenvalue weighted by molar-refractivity contribution is 6.51. The zero-order valence-corrected chi connectivity index (χ0v) is 20.4. The van der Waals surface area contributed by atoms with Crippen LogP contribution in [0, 0.1) is 6.92 Å². The third-order valence-corrected chi connectivity index (χ3v) is 6.48. The van der Waals surface area contributed by atoms with Crippen LogP contribution in [0.1, 0.15) is 33.1 Å². The van der Waals surface area contributed by atoms with Crippen LogP contribution in [0.2, 0.25) is 5.02 Å². The summed E-state index contributed by atoms with van der Waals surface area (Å²) in [7, 11) is 1.42. The number of hydrogen-bond donors (Lipinski definition) is 3. The highest BCUT2D eigenvalue weighted by Crippen LogP contribution is 2.42. The average molecular weight is 518 g/mol. The summed E-state index contributed by atoms with van der Waals surface area (Å²) in [6.07, 6.45) is 0. The van der Waals surface area contributed by atoms with Crippen molar-refractivity contribution in [3.05, 3.63) is 93.5 Å². The van der Waals surface area contributed by atoms with Crippen LogP contribution in [-0.2, 0) is 9.59 Å². The van der Waals surface area contributed by atoms with Gasteiger partial charge in [-0.05, 0) is 48.9 Å². The number of ketones is 1. The van der Waals surface area contributed by atoms with E-state index in [1.54, 1.807) is 12.1 Å². The first-order valence-corrected chi connectivity index (χ1v) is 11.5. The minimum Gasteiger partial charge on any atom is -0.507 e. The number of Topliss-reactive ketones (excluding diaryl/α,β-unsaturated/α-hetero) is 1. The molecule has 10 heteroatoms. The number of anilines is 1. The topological polar surface area (TPSA) is 133 Å². The Kier molecular flexibility index (Phi) is 5.93. The van der Waals surface area contributed by atoms with Crippen LogP contribution >= 0.6 is 11.6 Å². The first-order valence-electron chi connectivity index (χ1n) is 11.1.